The van der Waals surface area contributed by atoms with Gasteiger partial charge in [-0.2, -0.15) is 0 Å². The van der Waals surface area contributed by atoms with Crippen LogP contribution in [0.5, 0.6) is 0 Å². The van der Waals surface area contributed by atoms with E-state index in [0.29, 0.717) is 5.56 Å². The number of hydrogen-bond acceptors (Lipinski definition) is 4. The molecule has 30 heavy (non-hydrogen) atoms. The van der Waals surface area contributed by atoms with Gasteiger partial charge in [0.25, 0.3) is 5.91 Å². The standard InChI is InChI=1S/C22H18FN3O4/c1-25-17(11-5-3-2-4-6-11)21(28)24-15-9-13-18(16(23)19(15)25)26(12-7-8-12)10-14(20(13)27)22(29)30/h2-6,9-10,12,17H,7-8H2,1H3,(H,24,28)(H,29,30). The molecule has 7 nitrogen and oxygen atoms in total. The lowest BCUT2D eigenvalue weighted by Gasteiger charge is -2.36. The SMILES string of the molecule is CN1c2c(cc3c(=O)c(C(=O)O)cn(C4CC4)c3c2F)NC(=O)C1c1ccccc1. The number of aromatic carboxylic acids is 1. The number of likely N-dealkylation sites (N-methyl/N-ethyl adjacent to an activating group) is 1. The van der Waals surface area contributed by atoms with Crippen molar-refractivity contribution in [3.63, 3.8) is 0 Å². The molecule has 0 spiro atoms. The predicted molar refractivity (Wildman–Crippen MR) is 110 cm³/mol. The molecule has 1 saturated carbocycles. The van der Waals surface area contributed by atoms with Crippen LogP contribution >= 0.6 is 0 Å². The van der Waals surface area contributed by atoms with Crippen molar-refractivity contribution in [1.29, 1.82) is 0 Å². The molecule has 1 aliphatic carbocycles. The lowest BCUT2D eigenvalue weighted by atomic mass is 9.99. The van der Waals surface area contributed by atoms with E-state index < -0.39 is 28.8 Å². The lowest BCUT2D eigenvalue weighted by molar-refractivity contribution is -0.117. The van der Waals surface area contributed by atoms with Crippen molar-refractivity contribution in [3.05, 3.63) is 69.8 Å². The number of carboxylic acid groups (broad SMARTS) is 1. The van der Waals surface area contributed by atoms with Crippen LogP contribution in [0.25, 0.3) is 10.9 Å². The van der Waals surface area contributed by atoms with E-state index in [4.69, 9.17) is 0 Å². The summed E-state index contributed by atoms with van der Waals surface area (Å²) in [5, 5.41) is 12.1. The van der Waals surface area contributed by atoms with E-state index in [1.807, 2.05) is 6.07 Å². The molecule has 2 N–H and O–H groups in total. The summed E-state index contributed by atoms with van der Waals surface area (Å²) in [6.45, 7) is 0. The first-order valence-electron chi connectivity index (χ1n) is 9.61. The quantitative estimate of drug-likeness (QED) is 0.695. The molecule has 1 aromatic heterocycles. The Bertz CT molecular complexity index is 1280. The third kappa shape index (κ3) is 2.60. The van der Waals surface area contributed by atoms with Crippen molar-refractivity contribution >= 4 is 34.2 Å². The maximum atomic E-state index is 15.9. The largest absolute Gasteiger partial charge is 0.477 e. The van der Waals surface area contributed by atoms with Gasteiger partial charge in [0.1, 0.15) is 11.6 Å². The number of benzene rings is 2. The van der Waals surface area contributed by atoms with Crippen LogP contribution in [0.4, 0.5) is 15.8 Å². The molecular formula is C22H18FN3O4. The minimum Gasteiger partial charge on any atom is -0.477 e. The number of carboxylic acids is 1. The van der Waals surface area contributed by atoms with Gasteiger partial charge in [-0.05, 0) is 24.5 Å². The predicted octanol–water partition coefficient (Wildman–Crippen LogP) is 3.30. The highest BCUT2D eigenvalue weighted by Crippen LogP contribution is 2.44. The zero-order valence-corrected chi connectivity index (χ0v) is 16.1. The average molecular weight is 407 g/mol. The van der Waals surface area contributed by atoms with Gasteiger partial charge < -0.3 is 19.9 Å². The number of rotatable bonds is 3. The third-order valence-corrected chi connectivity index (χ3v) is 5.76. The number of hydrogen-bond donors (Lipinski definition) is 2. The summed E-state index contributed by atoms with van der Waals surface area (Å²) in [5.41, 5.74) is -0.0661. The average Bonchev–Trinajstić information content (AvgIpc) is 3.54. The molecule has 8 heteroatoms. The maximum absolute atomic E-state index is 15.9. The Morgan fingerprint density at radius 3 is 2.53 bits per heavy atom. The Kier molecular flexibility index (Phi) is 3.92. The van der Waals surface area contributed by atoms with E-state index in [1.165, 1.54) is 12.3 Å². The molecule has 1 atom stereocenters. The molecular weight excluding hydrogens is 389 g/mol. The van der Waals surface area contributed by atoms with Crippen LogP contribution in [-0.2, 0) is 4.79 Å². The molecule has 0 saturated heterocycles. The third-order valence-electron chi connectivity index (χ3n) is 5.76. The fraction of sp³-hybridized carbons (Fsp3) is 0.227. The Hall–Kier alpha value is -3.68. The highest BCUT2D eigenvalue weighted by Gasteiger charge is 2.37. The first-order chi connectivity index (χ1) is 14.4. The van der Waals surface area contributed by atoms with Gasteiger partial charge in [0, 0.05) is 19.3 Å². The molecule has 1 aliphatic heterocycles. The summed E-state index contributed by atoms with van der Waals surface area (Å²) < 4.78 is 17.4. The number of nitrogens with one attached hydrogen (secondary N) is 1. The number of fused-ring (bicyclic) bond motifs is 2. The van der Waals surface area contributed by atoms with Crippen LogP contribution in [0.15, 0.2) is 47.4 Å². The number of pyridine rings is 1. The van der Waals surface area contributed by atoms with Crippen molar-refractivity contribution in [2.24, 2.45) is 0 Å². The molecule has 1 amide bonds. The number of carbonyl (C=O) groups is 2. The zero-order chi connectivity index (χ0) is 21.2. The summed E-state index contributed by atoms with van der Waals surface area (Å²) in [7, 11) is 1.63. The first kappa shape index (κ1) is 18.4. The Labute approximate surface area is 170 Å². The second-order valence-electron chi connectivity index (χ2n) is 7.71. The number of carbonyl (C=O) groups excluding carboxylic acids is 1. The Morgan fingerprint density at radius 1 is 1.20 bits per heavy atom. The van der Waals surface area contributed by atoms with E-state index in [9.17, 15) is 19.5 Å². The minimum atomic E-state index is -1.36. The first-order valence-corrected chi connectivity index (χ1v) is 9.61. The summed E-state index contributed by atoms with van der Waals surface area (Å²) in [6, 6.07) is 9.64. The van der Waals surface area contributed by atoms with Crippen LogP contribution in [-0.4, -0.2) is 28.6 Å². The van der Waals surface area contributed by atoms with Gasteiger partial charge in [-0.3, -0.25) is 9.59 Å². The van der Waals surface area contributed by atoms with Crippen LogP contribution in [0.2, 0.25) is 0 Å². The molecule has 2 aromatic carbocycles. The van der Waals surface area contributed by atoms with E-state index in [-0.39, 0.29) is 34.2 Å². The number of amides is 1. The van der Waals surface area contributed by atoms with Crippen LogP contribution in [0.3, 0.4) is 0 Å². The van der Waals surface area contributed by atoms with Crippen LogP contribution in [0.1, 0.15) is 40.8 Å². The fourth-order valence-corrected chi connectivity index (χ4v) is 4.21. The highest BCUT2D eigenvalue weighted by atomic mass is 19.1. The molecule has 0 bridgehead atoms. The summed E-state index contributed by atoms with van der Waals surface area (Å²) in [5.74, 6) is -2.36. The van der Waals surface area contributed by atoms with Crippen LogP contribution in [0, 0.1) is 5.82 Å². The minimum absolute atomic E-state index is 0.0489. The summed E-state index contributed by atoms with van der Waals surface area (Å²) >= 11 is 0. The second kappa shape index (κ2) is 6.41. The van der Waals surface area contributed by atoms with Gasteiger partial charge >= 0.3 is 5.97 Å². The highest BCUT2D eigenvalue weighted by molar-refractivity contribution is 6.07. The van der Waals surface area contributed by atoms with E-state index in [1.54, 1.807) is 40.8 Å². The molecule has 0 radical (unpaired) electrons. The molecule has 152 valence electrons. The van der Waals surface area contributed by atoms with Gasteiger partial charge in [0.2, 0.25) is 5.43 Å². The van der Waals surface area contributed by atoms with Gasteiger partial charge in [-0.15, -0.1) is 0 Å². The molecule has 2 heterocycles. The monoisotopic (exact) mass is 407 g/mol. The fourth-order valence-electron chi connectivity index (χ4n) is 4.21. The van der Waals surface area contributed by atoms with Gasteiger partial charge in [-0.25, -0.2) is 9.18 Å². The van der Waals surface area contributed by atoms with Crippen molar-refractivity contribution < 1.29 is 19.1 Å². The Morgan fingerprint density at radius 2 is 1.90 bits per heavy atom. The maximum Gasteiger partial charge on any atom is 0.341 e. The number of aromatic nitrogens is 1. The zero-order valence-electron chi connectivity index (χ0n) is 16.1. The van der Waals surface area contributed by atoms with Gasteiger partial charge in [0.15, 0.2) is 5.82 Å². The molecule has 2 aliphatic rings. The molecule has 5 rings (SSSR count). The Balaban J connectivity index is 1.79. The van der Waals surface area contributed by atoms with Crippen molar-refractivity contribution in [3.8, 4) is 0 Å². The second-order valence-corrected chi connectivity index (χ2v) is 7.71. The van der Waals surface area contributed by atoms with Crippen molar-refractivity contribution in [2.45, 2.75) is 24.9 Å². The summed E-state index contributed by atoms with van der Waals surface area (Å²) in [4.78, 5) is 38.7. The van der Waals surface area contributed by atoms with E-state index in [2.05, 4.69) is 5.32 Å². The van der Waals surface area contributed by atoms with Gasteiger partial charge in [-0.1, -0.05) is 30.3 Å². The molecule has 3 aromatic rings. The van der Waals surface area contributed by atoms with Gasteiger partial charge in [0.05, 0.1) is 22.3 Å². The summed E-state index contributed by atoms with van der Waals surface area (Å²) in [6.07, 6.45) is 2.80. The smallest absolute Gasteiger partial charge is 0.341 e. The van der Waals surface area contributed by atoms with E-state index >= 15 is 4.39 Å². The number of nitrogens with zero attached hydrogens (tertiary/aromatic N) is 2. The van der Waals surface area contributed by atoms with Crippen LogP contribution < -0.4 is 15.6 Å². The lowest BCUT2D eigenvalue weighted by Crippen LogP contribution is -2.40. The normalized spacial score (nSPS) is 18.3. The number of halogens is 1. The molecule has 1 fully saturated rings. The number of anilines is 2. The molecule has 1 unspecified atom stereocenters. The van der Waals surface area contributed by atoms with Crippen molar-refractivity contribution in [1.82, 2.24) is 4.57 Å². The van der Waals surface area contributed by atoms with E-state index in [0.717, 1.165) is 12.8 Å². The van der Waals surface area contributed by atoms with Crippen molar-refractivity contribution in [2.75, 3.05) is 17.3 Å². The topological polar surface area (TPSA) is 91.6 Å².